The Kier molecular flexibility index (Phi) is 3.37. The van der Waals surface area contributed by atoms with Crippen LogP contribution in [0.5, 0.6) is 5.75 Å². The van der Waals surface area contributed by atoms with Crippen LogP contribution in [-0.2, 0) is 6.61 Å². The van der Waals surface area contributed by atoms with Crippen LogP contribution < -0.4 is 4.74 Å². The van der Waals surface area contributed by atoms with Crippen LogP contribution in [0.3, 0.4) is 0 Å². The van der Waals surface area contributed by atoms with Crippen molar-refractivity contribution in [3.63, 3.8) is 0 Å². The van der Waals surface area contributed by atoms with Crippen molar-refractivity contribution in [3.05, 3.63) is 52.2 Å². The molecule has 0 fully saturated rings. The monoisotopic (exact) mass is 232 g/mol. The van der Waals surface area contributed by atoms with E-state index in [9.17, 15) is 4.79 Å². The van der Waals surface area contributed by atoms with Crippen LogP contribution in [0.15, 0.2) is 41.8 Å². The lowest BCUT2D eigenvalue weighted by atomic mass is 10.1. The fraction of sp³-hybridized carbons (Fsp3) is 0.154. The summed E-state index contributed by atoms with van der Waals surface area (Å²) in [7, 11) is 0. The van der Waals surface area contributed by atoms with Gasteiger partial charge in [-0.3, -0.25) is 4.79 Å². The third-order valence-electron chi connectivity index (χ3n) is 2.22. The molecule has 0 saturated heterocycles. The molecule has 3 heteroatoms. The van der Waals surface area contributed by atoms with E-state index in [1.54, 1.807) is 30.4 Å². The Morgan fingerprint density at radius 2 is 2.00 bits per heavy atom. The first-order valence-electron chi connectivity index (χ1n) is 5.02. The van der Waals surface area contributed by atoms with Crippen molar-refractivity contribution in [2.75, 3.05) is 0 Å². The Bertz CT molecular complexity index is 457. The molecule has 0 aliphatic carbocycles. The SMILES string of the molecule is CC(=O)c1ccc(OCc2cccs2)cc1. The van der Waals surface area contributed by atoms with E-state index in [-0.39, 0.29) is 5.78 Å². The predicted octanol–water partition coefficient (Wildman–Crippen LogP) is 3.53. The quantitative estimate of drug-likeness (QED) is 0.754. The molecule has 16 heavy (non-hydrogen) atoms. The number of thiophene rings is 1. The molecular formula is C13H12O2S. The molecule has 0 atom stereocenters. The zero-order valence-corrected chi connectivity index (χ0v) is 9.79. The Balaban J connectivity index is 1.98. The molecule has 0 saturated carbocycles. The van der Waals surface area contributed by atoms with Crippen LogP contribution in [-0.4, -0.2) is 5.78 Å². The van der Waals surface area contributed by atoms with Gasteiger partial charge in [-0.1, -0.05) is 6.07 Å². The fourth-order valence-corrected chi connectivity index (χ4v) is 1.95. The van der Waals surface area contributed by atoms with Gasteiger partial charge in [-0.2, -0.15) is 0 Å². The second kappa shape index (κ2) is 4.94. The number of hydrogen-bond acceptors (Lipinski definition) is 3. The van der Waals surface area contributed by atoms with Crippen molar-refractivity contribution in [1.29, 1.82) is 0 Å². The van der Waals surface area contributed by atoms with Crippen molar-refractivity contribution in [3.8, 4) is 5.75 Å². The molecule has 82 valence electrons. The average Bonchev–Trinajstić information content (AvgIpc) is 2.80. The lowest BCUT2D eigenvalue weighted by molar-refractivity contribution is 0.101. The molecule has 1 heterocycles. The lowest BCUT2D eigenvalue weighted by Gasteiger charge is -2.04. The van der Waals surface area contributed by atoms with Crippen LogP contribution in [0.1, 0.15) is 22.2 Å². The number of Topliss-reactive ketones (excluding diaryl/α,β-unsaturated/α-hetero) is 1. The van der Waals surface area contributed by atoms with Crippen molar-refractivity contribution in [2.45, 2.75) is 13.5 Å². The number of ether oxygens (including phenoxy) is 1. The molecule has 1 aromatic heterocycles. The van der Waals surface area contributed by atoms with Gasteiger partial charge < -0.3 is 4.74 Å². The van der Waals surface area contributed by atoms with Crippen molar-refractivity contribution in [1.82, 2.24) is 0 Å². The van der Waals surface area contributed by atoms with E-state index < -0.39 is 0 Å². The number of carbonyl (C=O) groups is 1. The van der Waals surface area contributed by atoms with Gasteiger partial charge in [-0.05, 0) is 42.6 Å². The lowest BCUT2D eigenvalue weighted by Crippen LogP contribution is -1.94. The minimum Gasteiger partial charge on any atom is -0.488 e. The van der Waals surface area contributed by atoms with Gasteiger partial charge in [-0.25, -0.2) is 0 Å². The maximum absolute atomic E-state index is 11.1. The van der Waals surface area contributed by atoms with E-state index in [0.717, 1.165) is 5.75 Å². The molecule has 2 nitrogen and oxygen atoms in total. The fourth-order valence-electron chi connectivity index (χ4n) is 1.34. The molecular weight excluding hydrogens is 220 g/mol. The highest BCUT2D eigenvalue weighted by molar-refractivity contribution is 7.09. The van der Waals surface area contributed by atoms with Crippen molar-refractivity contribution in [2.24, 2.45) is 0 Å². The molecule has 2 aromatic rings. The third kappa shape index (κ3) is 2.70. The van der Waals surface area contributed by atoms with Gasteiger partial charge in [0.25, 0.3) is 0 Å². The van der Waals surface area contributed by atoms with Gasteiger partial charge in [0.2, 0.25) is 0 Å². The van der Waals surface area contributed by atoms with Crippen LogP contribution >= 0.6 is 11.3 Å². The summed E-state index contributed by atoms with van der Waals surface area (Å²) in [4.78, 5) is 12.3. The van der Waals surface area contributed by atoms with E-state index >= 15 is 0 Å². The summed E-state index contributed by atoms with van der Waals surface area (Å²) < 4.78 is 5.58. The maximum atomic E-state index is 11.1. The predicted molar refractivity (Wildman–Crippen MR) is 65.1 cm³/mol. The molecule has 0 N–H and O–H groups in total. The van der Waals surface area contributed by atoms with Gasteiger partial charge in [0.1, 0.15) is 12.4 Å². The Morgan fingerprint density at radius 1 is 1.25 bits per heavy atom. The summed E-state index contributed by atoms with van der Waals surface area (Å²) in [5.41, 5.74) is 0.712. The van der Waals surface area contributed by atoms with Gasteiger partial charge in [-0.15, -0.1) is 11.3 Å². The second-order valence-corrected chi connectivity index (χ2v) is 4.48. The molecule has 0 spiro atoms. The molecule has 0 aliphatic heterocycles. The zero-order chi connectivity index (χ0) is 11.4. The smallest absolute Gasteiger partial charge is 0.159 e. The zero-order valence-electron chi connectivity index (χ0n) is 8.97. The minimum absolute atomic E-state index is 0.0739. The average molecular weight is 232 g/mol. The number of hydrogen-bond donors (Lipinski definition) is 0. The highest BCUT2D eigenvalue weighted by Gasteiger charge is 2.00. The van der Waals surface area contributed by atoms with Crippen LogP contribution in [0.25, 0.3) is 0 Å². The van der Waals surface area contributed by atoms with Gasteiger partial charge in [0.15, 0.2) is 5.78 Å². The Labute approximate surface area is 98.5 Å². The van der Waals surface area contributed by atoms with Gasteiger partial charge >= 0.3 is 0 Å². The molecule has 0 bridgehead atoms. The molecule has 0 radical (unpaired) electrons. The molecule has 0 aliphatic rings. The Morgan fingerprint density at radius 3 is 2.56 bits per heavy atom. The summed E-state index contributed by atoms with van der Waals surface area (Å²) in [5.74, 6) is 0.864. The normalized spacial score (nSPS) is 10.1. The van der Waals surface area contributed by atoms with Gasteiger partial charge in [0, 0.05) is 10.4 Å². The van der Waals surface area contributed by atoms with E-state index in [4.69, 9.17) is 4.74 Å². The van der Waals surface area contributed by atoms with Crippen LogP contribution in [0, 0.1) is 0 Å². The molecule has 1 aromatic carbocycles. The summed E-state index contributed by atoms with van der Waals surface area (Å²) in [6.07, 6.45) is 0. The molecule has 2 rings (SSSR count). The summed E-state index contributed by atoms with van der Waals surface area (Å²) in [6, 6.07) is 11.3. The standard InChI is InChI=1S/C13H12O2S/c1-10(14)11-4-6-12(7-5-11)15-9-13-3-2-8-16-13/h2-8H,9H2,1H3. The number of ketones is 1. The maximum Gasteiger partial charge on any atom is 0.159 e. The summed E-state index contributed by atoms with van der Waals surface area (Å²) >= 11 is 1.67. The second-order valence-electron chi connectivity index (χ2n) is 3.45. The molecule has 0 unspecified atom stereocenters. The van der Waals surface area contributed by atoms with E-state index in [1.807, 2.05) is 29.6 Å². The van der Waals surface area contributed by atoms with Crippen LogP contribution in [0.2, 0.25) is 0 Å². The Hall–Kier alpha value is -1.61. The largest absolute Gasteiger partial charge is 0.488 e. The first kappa shape index (κ1) is 10.9. The first-order chi connectivity index (χ1) is 7.75. The summed E-state index contributed by atoms with van der Waals surface area (Å²) in [5, 5.41) is 2.03. The van der Waals surface area contributed by atoms with E-state index in [2.05, 4.69) is 0 Å². The van der Waals surface area contributed by atoms with E-state index in [1.165, 1.54) is 4.88 Å². The highest BCUT2D eigenvalue weighted by Crippen LogP contribution is 2.16. The third-order valence-corrected chi connectivity index (χ3v) is 3.07. The van der Waals surface area contributed by atoms with Crippen molar-refractivity contribution >= 4 is 17.1 Å². The number of benzene rings is 1. The van der Waals surface area contributed by atoms with Gasteiger partial charge in [0.05, 0.1) is 0 Å². The van der Waals surface area contributed by atoms with E-state index in [0.29, 0.717) is 12.2 Å². The minimum atomic E-state index is 0.0739. The van der Waals surface area contributed by atoms with Crippen LogP contribution in [0.4, 0.5) is 0 Å². The topological polar surface area (TPSA) is 26.3 Å². The number of carbonyl (C=O) groups excluding carboxylic acids is 1. The summed E-state index contributed by atoms with van der Waals surface area (Å²) in [6.45, 7) is 2.14. The van der Waals surface area contributed by atoms with Crippen molar-refractivity contribution < 1.29 is 9.53 Å². The first-order valence-corrected chi connectivity index (χ1v) is 5.90. The molecule has 0 amide bonds. The highest BCUT2D eigenvalue weighted by atomic mass is 32.1. The number of rotatable bonds is 4.